The van der Waals surface area contributed by atoms with E-state index in [0.717, 1.165) is 5.56 Å². The van der Waals surface area contributed by atoms with Crippen molar-refractivity contribution < 1.29 is 18.7 Å². The zero-order valence-corrected chi connectivity index (χ0v) is 13.0. The number of nitrogens with zero attached hydrogens (tertiary/aromatic N) is 1. The molecule has 1 heterocycles. The Morgan fingerprint density at radius 3 is 2.81 bits per heavy atom. The predicted molar refractivity (Wildman–Crippen MR) is 79.9 cm³/mol. The number of fused-ring (bicyclic) bond motifs is 1. The van der Waals surface area contributed by atoms with Crippen molar-refractivity contribution in [1.29, 1.82) is 0 Å². The Bertz CT molecular complexity index is 542. The van der Waals surface area contributed by atoms with Crippen molar-refractivity contribution in [2.45, 2.75) is 12.5 Å². The Morgan fingerprint density at radius 2 is 2.24 bits per heavy atom. The van der Waals surface area contributed by atoms with Crippen LogP contribution in [0.5, 0.6) is 0 Å². The van der Waals surface area contributed by atoms with Gasteiger partial charge in [-0.3, -0.25) is 4.79 Å². The average molecular weight is 364 g/mol. The normalized spacial score (nSPS) is 17.0. The van der Waals surface area contributed by atoms with Gasteiger partial charge in [-0.25, -0.2) is 8.78 Å². The maximum atomic E-state index is 12.7. The molecule has 2 rings (SSSR count). The molecule has 0 saturated carbocycles. The first-order valence-electron chi connectivity index (χ1n) is 6.43. The molecule has 5 nitrogen and oxygen atoms in total. The zero-order valence-electron chi connectivity index (χ0n) is 11.4. The summed E-state index contributed by atoms with van der Waals surface area (Å²) in [5.41, 5.74) is 1.87. The van der Waals surface area contributed by atoms with E-state index in [1.807, 2.05) is 0 Å². The number of carbonyl (C=O) groups is 1. The number of aliphatic hydroxyl groups excluding tert-OH is 1. The van der Waals surface area contributed by atoms with Crippen molar-refractivity contribution in [3.63, 3.8) is 0 Å². The predicted octanol–water partition coefficient (Wildman–Crippen LogP) is 1.73. The van der Waals surface area contributed by atoms with Crippen molar-refractivity contribution in [2.75, 3.05) is 37.0 Å². The molecule has 1 aromatic rings. The first kappa shape index (κ1) is 16.1. The SMILES string of the molecule is CNC1C(=O)Nc2cc(N(CCO)CC(F)F)c(Br)cc21. The topological polar surface area (TPSA) is 64.6 Å². The summed E-state index contributed by atoms with van der Waals surface area (Å²) in [6, 6.07) is 2.93. The Morgan fingerprint density at radius 1 is 1.52 bits per heavy atom. The lowest BCUT2D eigenvalue weighted by Gasteiger charge is -2.25. The minimum Gasteiger partial charge on any atom is -0.395 e. The third-order valence-electron chi connectivity index (χ3n) is 3.31. The molecule has 1 amide bonds. The van der Waals surface area contributed by atoms with Gasteiger partial charge in [-0.05, 0) is 35.1 Å². The van der Waals surface area contributed by atoms with E-state index in [2.05, 4.69) is 26.6 Å². The van der Waals surface area contributed by atoms with E-state index in [-0.39, 0.29) is 19.1 Å². The van der Waals surface area contributed by atoms with Crippen molar-refractivity contribution in [3.05, 3.63) is 22.2 Å². The molecule has 1 unspecified atom stereocenters. The van der Waals surface area contributed by atoms with E-state index < -0.39 is 19.0 Å². The van der Waals surface area contributed by atoms with E-state index in [4.69, 9.17) is 5.11 Å². The summed E-state index contributed by atoms with van der Waals surface area (Å²) in [5.74, 6) is -0.181. The monoisotopic (exact) mass is 363 g/mol. The van der Waals surface area contributed by atoms with Gasteiger partial charge in [0.2, 0.25) is 5.91 Å². The number of rotatable bonds is 6. The molecule has 21 heavy (non-hydrogen) atoms. The molecule has 3 N–H and O–H groups in total. The Balaban J connectivity index is 2.38. The van der Waals surface area contributed by atoms with Crippen LogP contribution in [0.4, 0.5) is 20.2 Å². The molecule has 1 atom stereocenters. The number of carbonyl (C=O) groups excluding carboxylic acids is 1. The van der Waals surface area contributed by atoms with E-state index >= 15 is 0 Å². The van der Waals surface area contributed by atoms with E-state index in [1.54, 1.807) is 19.2 Å². The Labute approximate surface area is 129 Å². The second kappa shape index (κ2) is 6.67. The van der Waals surface area contributed by atoms with Gasteiger partial charge >= 0.3 is 0 Å². The molecule has 1 aliphatic rings. The lowest BCUT2D eigenvalue weighted by Crippen LogP contribution is -2.31. The number of alkyl halides is 2. The smallest absolute Gasteiger partial charge is 0.255 e. The zero-order chi connectivity index (χ0) is 15.6. The molecule has 116 valence electrons. The number of likely N-dealkylation sites (N-methyl/N-ethyl adjacent to an activating group) is 1. The number of hydrogen-bond acceptors (Lipinski definition) is 4. The summed E-state index contributed by atoms with van der Waals surface area (Å²) in [6.45, 7) is -0.631. The lowest BCUT2D eigenvalue weighted by atomic mass is 10.1. The number of nitrogens with one attached hydrogen (secondary N) is 2. The first-order chi connectivity index (χ1) is 9.97. The van der Waals surface area contributed by atoms with Crippen LogP contribution in [0.1, 0.15) is 11.6 Å². The molecule has 1 aromatic carbocycles. The number of benzene rings is 1. The molecule has 0 fully saturated rings. The van der Waals surface area contributed by atoms with Crippen molar-refractivity contribution >= 4 is 33.2 Å². The van der Waals surface area contributed by atoms with Crippen molar-refractivity contribution in [1.82, 2.24) is 5.32 Å². The van der Waals surface area contributed by atoms with Crippen LogP contribution >= 0.6 is 15.9 Å². The third-order valence-corrected chi connectivity index (χ3v) is 3.94. The highest BCUT2D eigenvalue weighted by Crippen LogP contribution is 2.39. The molecule has 1 aliphatic heterocycles. The number of hydrogen-bond donors (Lipinski definition) is 3. The minimum absolute atomic E-state index is 0.0884. The second-order valence-electron chi connectivity index (χ2n) is 4.66. The van der Waals surface area contributed by atoms with Gasteiger partial charge in [0.05, 0.1) is 18.8 Å². The van der Waals surface area contributed by atoms with Crippen LogP contribution in [0.2, 0.25) is 0 Å². The number of amides is 1. The maximum absolute atomic E-state index is 12.7. The summed E-state index contributed by atoms with van der Waals surface area (Å²) in [6.07, 6.45) is -2.52. The third kappa shape index (κ3) is 3.33. The fourth-order valence-corrected chi connectivity index (χ4v) is 3.01. The van der Waals surface area contributed by atoms with Crippen LogP contribution < -0.4 is 15.5 Å². The van der Waals surface area contributed by atoms with E-state index in [0.29, 0.717) is 15.8 Å². The fraction of sp³-hybridized carbons (Fsp3) is 0.462. The van der Waals surface area contributed by atoms with Gasteiger partial charge in [0.1, 0.15) is 6.04 Å². The molecule has 0 aromatic heterocycles. The maximum Gasteiger partial charge on any atom is 0.255 e. The fourth-order valence-electron chi connectivity index (χ4n) is 2.40. The van der Waals surface area contributed by atoms with Crippen LogP contribution in [0.25, 0.3) is 0 Å². The Hall–Kier alpha value is -1.25. The molecular formula is C13H16BrF2N3O2. The summed E-state index contributed by atoms with van der Waals surface area (Å²) in [5, 5.41) is 14.6. The molecular weight excluding hydrogens is 348 g/mol. The van der Waals surface area contributed by atoms with Crippen molar-refractivity contribution in [2.24, 2.45) is 0 Å². The Kier molecular flexibility index (Phi) is 5.13. The number of aliphatic hydroxyl groups is 1. The van der Waals surface area contributed by atoms with Gasteiger partial charge in [0.15, 0.2) is 0 Å². The van der Waals surface area contributed by atoms with Crippen LogP contribution in [0.3, 0.4) is 0 Å². The molecule has 0 saturated heterocycles. The largest absolute Gasteiger partial charge is 0.395 e. The number of anilines is 2. The van der Waals surface area contributed by atoms with Crippen LogP contribution in [-0.4, -0.2) is 44.2 Å². The molecule has 0 bridgehead atoms. The van der Waals surface area contributed by atoms with Crippen LogP contribution in [0, 0.1) is 0 Å². The van der Waals surface area contributed by atoms with Crippen molar-refractivity contribution in [3.8, 4) is 0 Å². The molecule has 0 aliphatic carbocycles. The average Bonchev–Trinajstić information content (AvgIpc) is 2.71. The summed E-state index contributed by atoms with van der Waals surface area (Å²) in [7, 11) is 1.68. The minimum atomic E-state index is -2.52. The highest BCUT2D eigenvalue weighted by Gasteiger charge is 2.31. The quantitative estimate of drug-likeness (QED) is 0.720. The highest BCUT2D eigenvalue weighted by atomic mass is 79.9. The van der Waals surface area contributed by atoms with Gasteiger partial charge in [-0.1, -0.05) is 0 Å². The lowest BCUT2D eigenvalue weighted by molar-refractivity contribution is -0.117. The number of halogens is 3. The second-order valence-corrected chi connectivity index (χ2v) is 5.52. The van der Waals surface area contributed by atoms with Gasteiger partial charge < -0.3 is 20.6 Å². The molecule has 0 radical (unpaired) electrons. The van der Waals surface area contributed by atoms with Gasteiger partial charge in [0, 0.05) is 22.3 Å². The summed E-state index contributed by atoms with van der Waals surface area (Å²) >= 11 is 3.35. The molecule has 0 spiro atoms. The van der Waals surface area contributed by atoms with Gasteiger partial charge in [-0.15, -0.1) is 0 Å². The first-order valence-corrected chi connectivity index (χ1v) is 7.22. The van der Waals surface area contributed by atoms with E-state index in [1.165, 1.54) is 4.90 Å². The summed E-state index contributed by atoms with van der Waals surface area (Å²) < 4.78 is 25.9. The summed E-state index contributed by atoms with van der Waals surface area (Å²) in [4.78, 5) is 13.2. The van der Waals surface area contributed by atoms with Gasteiger partial charge in [-0.2, -0.15) is 0 Å². The van der Waals surface area contributed by atoms with Crippen LogP contribution in [-0.2, 0) is 4.79 Å². The van der Waals surface area contributed by atoms with Crippen LogP contribution in [0.15, 0.2) is 16.6 Å². The standard InChI is InChI=1S/C13H16BrF2N3O2/c1-17-12-7-4-8(14)10(5-9(7)18-13(12)21)19(2-3-20)6-11(15)16/h4-5,11-12,17,20H,2-3,6H2,1H3,(H,18,21). The molecule has 8 heteroatoms. The highest BCUT2D eigenvalue weighted by molar-refractivity contribution is 9.10. The van der Waals surface area contributed by atoms with E-state index in [9.17, 15) is 13.6 Å². The van der Waals surface area contributed by atoms with Gasteiger partial charge in [0.25, 0.3) is 6.43 Å².